The second-order valence-electron chi connectivity index (χ2n) is 7.96. The van der Waals surface area contributed by atoms with E-state index in [1.807, 2.05) is 0 Å². The van der Waals surface area contributed by atoms with E-state index >= 15 is 0 Å². The van der Waals surface area contributed by atoms with E-state index in [0.717, 1.165) is 12.1 Å². The molecule has 0 fully saturated rings. The zero-order valence-corrected chi connectivity index (χ0v) is 21.6. The summed E-state index contributed by atoms with van der Waals surface area (Å²) in [4.78, 5) is 16.4. The lowest BCUT2D eigenvalue weighted by Crippen LogP contribution is -2.34. The van der Waals surface area contributed by atoms with E-state index in [4.69, 9.17) is 39.5 Å². The standard InChI is InChI=1S/C26H15Cl3F5N3O2/c27-16-10-15(11-17(28)23(16)39-24-18(29)9-14(12-35-24)26(32,33)34)36-25(38)37-22(13-5-2-1-3-6-13)21-19(30)7-4-8-20(21)31/h1-12,22H,(H2,36,37,38). The van der Waals surface area contributed by atoms with Gasteiger partial charge in [0.15, 0.2) is 5.75 Å². The molecule has 202 valence electrons. The van der Waals surface area contributed by atoms with Gasteiger partial charge in [0.2, 0.25) is 5.88 Å². The normalized spacial score (nSPS) is 12.1. The van der Waals surface area contributed by atoms with Gasteiger partial charge in [0.05, 0.1) is 27.2 Å². The molecule has 1 atom stereocenters. The maximum Gasteiger partial charge on any atom is 0.417 e. The highest BCUT2D eigenvalue weighted by Gasteiger charge is 2.32. The first-order valence-electron chi connectivity index (χ1n) is 10.9. The summed E-state index contributed by atoms with van der Waals surface area (Å²) in [5.74, 6) is -2.28. The van der Waals surface area contributed by atoms with Crippen LogP contribution in [-0.2, 0) is 6.18 Å². The number of hydrogen-bond acceptors (Lipinski definition) is 3. The lowest BCUT2D eigenvalue weighted by atomic mass is 9.98. The number of anilines is 1. The first-order chi connectivity index (χ1) is 18.4. The molecule has 4 rings (SSSR count). The molecule has 2 N–H and O–H groups in total. The van der Waals surface area contributed by atoms with Gasteiger partial charge >= 0.3 is 12.2 Å². The van der Waals surface area contributed by atoms with Crippen molar-refractivity contribution >= 4 is 46.5 Å². The number of carbonyl (C=O) groups excluding carboxylic acids is 1. The highest BCUT2D eigenvalue weighted by molar-refractivity contribution is 6.38. The average molecular weight is 603 g/mol. The Morgan fingerprint density at radius 3 is 2.05 bits per heavy atom. The maximum atomic E-state index is 14.6. The predicted molar refractivity (Wildman–Crippen MR) is 138 cm³/mol. The molecular weight excluding hydrogens is 588 g/mol. The first-order valence-corrected chi connectivity index (χ1v) is 12.0. The molecule has 1 aromatic heterocycles. The number of aromatic nitrogens is 1. The molecule has 2 amide bonds. The number of ether oxygens (including phenoxy) is 1. The zero-order chi connectivity index (χ0) is 28.3. The number of alkyl halides is 3. The van der Waals surface area contributed by atoms with E-state index in [0.29, 0.717) is 17.8 Å². The molecule has 0 spiro atoms. The van der Waals surface area contributed by atoms with Gasteiger partial charge < -0.3 is 15.4 Å². The molecular formula is C26H15Cl3F5N3O2. The van der Waals surface area contributed by atoms with Crippen molar-refractivity contribution in [3.05, 3.63) is 116 Å². The SMILES string of the molecule is O=C(Nc1cc(Cl)c(Oc2ncc(C(F)(F)F)cc2Cl)c(Cl)c1)NC(c1ccccc1)c1c(F)cccc1F. The molecule has 39 heavy (non-hydrogen) atoms. The molecule has 0 aliphatic heterocycles. The van der Waals surface area contributed by atoms with Crippen LogP contribution in [0.4, 0.5) is 32.4 Å². The number of nitrogens with zero attached hydrogens (tertiary/aromatic N) is 1. The smallest absolute Gasteiger partial charge is 0.417 e. The Kier molecular flexibility index (Phi) is 8.48. The van der Waals surface area contributed by atoms with Crippen molar-refractivity contribution in [1.82, 2.24) is 10.3 Å². The molecule has 1 unspecified atom stereocenters. The summed E-state index contributed by atoms with van der Waals surface area (Å²) in [5, 5.41) is 4.28. The summed E-state index contributed by atoms with van der Waals surface area (Å²) in [7, 11) is 0. The van der Waals surface area contributed by atoms with Crippen LogP contribution in [0.1, 0.15) is 22.7 Å². The third-order valence-corrected chi connectivity index (χ3v) is 6.12. The first kappa shape index (κ1) is 28.4. The van der Waals surface area contributed by atoms with Crippen LogP contribution in [-0.4, -0.2) is 11.0 Å². The summed E-state index contributed by atoms with van der Waals surface area (Å²) in [6.45, 7) is 0. The van der Waals surface area contributed by atoms with Crippen LogP contribution >= 0.6 is 34.8 Å². The summed E-state index contributed by atoms with van der Waals surface area (Å²) in [6.07, 6.45) is -4.12. The fourth-order valence-electron chi connectivity index (χ4n) is 3.53. The number of rotatable bonds is 6. The topological polar surface area (TPSA) is 63.2 Å². The highest BCUT2D eigenvalue weighted by atomic mass is 35.5. The summed E-state index contributed by atoms with van der Waals surface area (Å²) in [6, 6.07) is 12.6. The van der Waals surface area contributed by atoms with Crippen molar-refractivity contribution < 1.29 is 31.5 Å². The van der Waals surface area contributed by atoms with Gasteiger partial charge in [-0.2, -0.15) is 13.2 Å². The van der Waals surface area contributed by atoms with E-state index < -0.39 is 40.5 Å². The van der Waals surface area contributed by atoms with Crippen molar-refractivity contribution in [3.63, 3.8) is 0 Å². The van der Waals surface area contributed by atoms with E-state index in [-0.39, 0.29) is 32.9 Å². The van der Waals surface area contributed by atoms with Crippen LogP contribution in [0.2, 0.25) is 15.1 Å². The Bertz CT molecular complexity index is 1480. The van der Waals surface area contributed by atoms with Crippen LogP contribution in [0.25, 0.3) is 0 Å². The molecule has 0 radical (unpaired) electrons. The highest BCUT2D eigenvalue weighted by Crippen LogP contribution is 2.41. The summed E-state index contributed by atoms with van der Waals surface area (Å²) < 4.78 is 73.1. The molecule has 0 aliphatic carbocycles. The molecule has 0 bridgehead atoms. The second kappa shape index (κ2) is 11.6. The van der Waals surface area contributed by atoms with Crippen LogP contribution in [0.3, 0.4) is 0 Å². The number of benzene rings is 3. The van der Waals surface area contributed by atoms with Crippen LogP contribution in [0, 0.1) is 11.6 Å². The number of pyridine rings is 1. The van der Waals surface area contributed by atoms with Gasteiger partial charge in [-0.3, -0.25) is 0 Å². The zero-order valence-electron chi connectivity index (χ0n) is 19.3. The van der Waals surface area contributed by atoms with Crippen LogP contribution in [0.15, 0.2) is 72.9 Å². The predicted octanol–water partition coefficient (Wildman–Crippen LogP) is 9.04. The lowest BCUT2D eigenvalue weighted by molar-refractivity contribution is -0.137. The number of carbonyl (C=O) groups is 1. The largest absolute Gasteiger partial charge is 0.434 e. The lowest BCUT2D eigenvalue weighted by Gasteiger charge is -2.21. The number of urea groups is 1. The van der Waals surface area contributed by atoms with E-state index in [9.17, 15) is 26.7 Å². The van der Waals surface area contributed by atoms with Gasteiger partial charge in [-0.25, -0.2) is 18.6 Å². The monoisotopic (exact) mass is 601 g/mol. The van der Waals surface area contributed by atoms with Gasteiger partial charge in [0.25, 0.3) is 0 Å². The Morgan fingerprint density at radius 1 is 0.872 bits per heavy atom. The van der Waals surface area contributed by atoms with E-state index in [2.05, 4.69) is 15.6 Å². The average Bonchev–Trinajstić information content (AvgIpc) is 2.86. The van der Waals surface area contributed by atoms with E-state index in [1.54, 1.807) is 30.3 Å². The van der Waals surface area contributed by atoms with Gasteiger partial charge in [-0.15, -0.1) is 0 Å². The summed E-state index contributed by atoms with van der Waals surface area (Å²) >= 11 is 18.3. The Hall–Kier alpha value is -3.60. The fourth-order valence-corrected chi connectivity index (χ4v) is 4.30. The van der Waals surface area contributed by atoms with E-state index in [1.165, 1.54) is 18.2 Å². The van der Waals surface area contributed by atoms with Crippen molar-refractivity contribution in [2.45, 2.75) is 12.2 Å². The maximum absolute atomic E-state index is 14.6. The molecule has 0 aliphatic rings. The molecule has 4 aromatic rings. The molecule has 0 saturated carbocycles. The second-order valence-corrected chi connectivity index (χ2v) is 9.18. The quantitative estimate of drug-likeness (QED) is 0.217. The van der Waals surface area contributed by atoms with Crippen LogP contribution < -0.4 is 15.4 Å². The molecule has 3 aromatic carbocycles. The van der Waals surface area contributed by atoms with Crippen LogP contribution in [0.5, 0.6) is 11.6 Å². The minimum atomic E-state index is -4.66. The third-order valence-electron chi connectivity index (χ3n) is 5.29. The molecule has 5 nitrogen and oxygen atoms in total. The van der Waals surface area contributed by atoms with Gasteiger partial charge in [-0.1, -0.05) is 71.2 Å². The molecule has 0 saturated heterocycles. The van der Waals surface area contributed by atoms with Crippen molar-refractivity contribution in [2.75, 3.05) is 5.32 Å². The van der Waals surface area contributed by atoms with Crippen molar-refractivity contribution in [1.29, 1.82) is 0 Å². The number of nitrogens with one attached hydrogen (secondary N) is 2. The van der Waals surface area contributed by atoms with Crippen molar-refractivity contribution in [2.24, 2.45) is 0 Å². The molecule has 13 heteroatoms. The minimum absolute atomic E-state index is 0.0714. The summed E-state index contributed by atoms with van der Waals surface area (Å²) in [5.41, 5.74) is -0.953. The Morgan fingerprint density at radius 2 is 1.49 bits per heavy atom. The number of halogens is 8. The Labute approximate surface area is 233 Å². The van der Waals surface area contributed by atoms with Gasteiger partial charge in [-0.05, 0) is 35.9 Å². The number of amides is 2. The molecule has 1 heterocycles. The fraction of sp³-hybridized carbons (Fsp3) is 0.0769. The van der Waals surface area contributed by atoms with Gasteiger partial charge in [0, 0.05) is 11.9 Å². The van der Waals surface area contributed by atoms with Crippen molar-refractivity contribution in [3.8, 4) is 11.6 Å². The minimum Gasteiger partial charge on any atom is -0.434 e. The van der Waals surface area contributed by atoms with Gasteiger partial charge in [0.1, 0.15) is 16.7 Å². The number of hydrogen-bond donors (Lipinski definition) is 2. The third kappa shape index (κ3) is 6.70. The Balaban J connectivity index is 1.55.